The number of nitrogens with one attached hydrogen (secondary N) is 2. The third-order valence-corrected chi connectivity index (χ3v) is 5.70. The van der Waals surface area contributed by atoms with Crippen LogP contribution in [0, 0.1) is 11.6 Å². The summed E-state index contributed by atoms with van der Waals surface area (Å²) >= 11 is 1.05. The molecule has 4 rings (SSSR count). The van der Waals surface area contributed by atoms with Gasteiger partial charge in [-0.3, -0.25) is 10.3 Å². The molecule has 3 heterocycles. The topological polar surface area (TPSA) is 83.0 Å². The number of carbonyl (C=O) groups excluding carboxylic acids is 1. The van der Waals surface area contributed by atoms with Gasteiger partial charge in [0.15, 0.2) is 10.9 Å². The number of carbonyl (C=O) groups is 1. The summed E-state index contributed by atoms with van der Waals surface area (Å²) in [6.45, 7) is 2.21. The summed E-state index contributed by atoms with van der Waals surface area (Å²) in [7, 11) is 3.71. The van der Waals surface area contributed by atoms with Crippen LogP contribution in [-0.4, -0.2) is 41.6 Å². The number of halogens is 2. The van der Waals surface area contributed by atoms with E-state index in [2.05, 4.69) is 25.6 Å². The Kier molecular flexibility index (Phi) is 5.95. The number of urea groups is 1. The first-order valence-corrected chi connectivity index (χ1v) is 10.6. The molecule has 1 aromatic carbocycles. The number of thiazole rings is 1. The average Bonchev–Trinajstić information content (AvgIpc) is 3.19. The Labute approximate surface area is 187 Å². The molecule has 7 nitrogen and oxygen atoms in total. The van der Waals surface area contributed by atoms with E-state index in [0.29, 0.717) is 28.2 Å². The molecule has 2 N–H and O–H groups in total. The molecule has 0 aliphatic rings. The molecule has 0 aliphatic heterocycles. The molecule has 0 radical (unpaired) electrons. The Balaban J connectivity index is 1.92. The minimum absolute atomic E-state index is 0.0241. The smallest absolute Gasteiger partial charge is 0.321 e. The van der Waals surface area contributed by atoms with Crippen molar-refractivity contribution < 1.29 is 13.6 Å². The van der Waals surface area contributed by atoms with Crippen LogP contribution in [0.1, 0.15) is 6.92 Å². The summed E-state index contributed by atoms with van der Waals surface area (Å²) in [5.74, 6) is -0.410. The third kappa shape index (κ3) is 4.09. The van der Waals surface area contributed by atoms with Gasteiger partial charge in [-0.1, -0.05) is 11.3 Å². The molecule has 10 heteroatoms. The van der Waals surface area contributed by atoms with Gasteiger partial charge < -0.3 is 10.2 Å². The van der Waals surface area contributed by atoms with Gasteiger partial charge in [0.2, 0.25) is 0 Å². The zero-order chi connectivity index (χ0) is 22.8. The van der Waals surface area contributed by atoms with Gasteiger partial charge in [-0.2, -0.15) is 0 Å². The predicted molar refractivity (Wildman–Crippen MR) is 123 cm³/mol. The number of hydrogen-bond donors (Lipinski definition) is 2. The number of rotatable bonds is 5. The van der Waals surface area contributed by atoms with Crippen LogP contribution >= 0.6 is 11.3 Å². The molecule has 164 valence electrons. The van der Waals surface area contributed by atoms with Crippen LogP contribution in [-0.2, 0) is 0 Å². The first kappa shape index (κ1) is 21.6. The van der Waals surface area contributed by atoms with Gasteiger partial charge in [0.1, 0.15) is 22.8 Å². The summed E-state index contributed by atoms with van der Waals surface area (Å²) in [6, 6.07) is 7.37. The van der Waals surface area contributed by atoms with Crippen molar-refractivity contribution >= 4 is 38.5 Å². The number of hydrogen-bond acceptors (Lipinski definition) is 6. The van der Waals surface area contributed by atoms with Gasteiger partial charge in [0, 0.05) is 49.7 Å². The highest BCUT2D eigenvalue weighted by molar-refractivity contribution is 7.22. The number of fused-ring (bicyclic) bond motifs is 1. The van der Waals surface area contributed by atoms with Gasteiger partial charge in [-0.05, 0) is 37.3 Å². The molecule has 0 saturated carbocycles. The predicted octanol–water partition coefficient (Wildman–Crippen LogP) is 4.91. The van der Waals surface area contributed by atoms with E-state index >= 15 is 4.39 Å². The Hall–Kier alpha value is -3.66. The van der Waals surface area contributed by atoms with E-state index in [-0.39, 0.29) is 21.9 Å². The molecular formula is C22H20F2N6OS. The number of benzene rings is 1. The Morgan fingerprint density at radius 2 is 1.97 bits per heavy atom. The Bertz CT molecular complexity index is 1290. The molecule has 2 amide bonds. The molecule has 0 atom stereocenters. The minimum Gasteiger partial charge on any atom is -0.363 e. The molecular weight excluding hydrogens is 434 g/mol. The molecule has 0 fully saturated rings. The summed E-state index contributed by atoms with van der Waals surface area (Å²) in [4.78, 5) is 26.5. The molecule has 0 aliphatic carbocycles. The van der Waals surface area contributed by atoms with E-state index in [9.17, 15) is 9.18 Å². The van der Waals surface area contributed by atoms with Crippen LogP contribution in [0.15, 0.2) is 42.7 Å². The van der Waals surface area contributed by atoms with Crippen LogP contribution < -0.4 is 15.5 Å². The highest BCUT2D eigenvalue weighted by atomic mass is 32.1. The SMILES string of the molecule is CCNC(=O)Nc1nc2c(F)c(-c3ccc(N(C)C)nc3)cc(-c3ncccc3F)c2s1. The second-order valence-corrected chi connectivity index (χ2v) is 8.10. The number of anilines is 2. The molecule has 0 bridgehead atoms. The van der Waals surface area contributed by atoms with Gasteiger partial charge in [-0.25, -0.2) is 23.5 Å². The second kappa shape index (κ2) is 8.83. The first-order valence-electron chi connectivity index (χ1n) is 9.81. The van der Waals surface area contributed by atoms with Crippen molar-refractivity contribution in [3.63, 3.8) is 0 Å². The fourth-order valence-electron chi connectivity index (χ4n) is 3.19. The molecule has 0 spiro atoms. The van der Waals surface area contributed by atoms with Crippen molar-refractivity contribution in [1.29, 1.82) is 0 Å². The standard InChI is InChI=1S/C22H20F2N6OS/c1-4-25-21(31)29-22-28-19-17(24)13(12-7-8-16(27-11-12)30(2)3)10-14(20(19)32-22)18-15(23)6-5-9-26-18/h5-11H,4H2,1-3H3,(H2,25,28,29,31). The highest BCUT2D eigenvalue weighted by Gasteiger charge is 2.22. The number of pyridine rings is 2. The van der Waals surface area contributed by atoms with Gasteiger partial charge in [0.25, 0.3) is 0 Å². The maximum Gasteiger partial charge on any atom is 0.321 e. The maximum absolute atomic E-state index is 15.6. The summed E-state index contributed by atoms with van der Waals surface area (Å²) < 4.78 is 30.6. The molecule has 32 heavy (non-hydrogen) atoms. The average molecular weight is 455 g/mol. The lowest BCUT2D eigenvalue weighted by Crippen LogP contribution is -2.28. The zero-order valence-corrected chi connectivity index (χ0v) is 18.4. The van der Waals surface area contributed by atoms with Crippen molar-refractivity contribution in [3.05, 3.63) is 54.4 Å². The molecule has 4 aromatic rings. The highest BCUT2D eigenvalue weighted by Crippen LogP contribution is 2.41. The summed E-state index contributed by atoms with van der Waals surface area (Å²) in [5.41, 5.74) is 1.21. The van der Waals surface area contributed by atoms with Crippen molar-refractivity contribution in [2.24, 2.45) is 0 Å². The van der Waals surface area contributed by atoms with Crippen LogP contribution in [0.4, 0.5) is 24.5 Å². The number of amides is 2. The Morgan fingerprint density at radius 3 is 2.62 bits per heavy atom. The maximum atomic E-state index is 15.6. The van der Waals surface area contributed by atoms with Crippen LogP contribution in [0.3, 0.4) is 0 Å². The van der Waals surface area contributed by atoms with Crippen molar-refractivity contribution in [1.82, 2.24) is 20.3 Å². The lowest BCUT2D eigenvalue weighted by molar-refractivity contribution is 0.252. The van der Waals surface area contributed by atoms with E-state index in [0.717, 1.165) is 11.3 Å². The van der Waals surface area contributed by atoms with Crippen molar-refractivity contribution in [2.75, 3.05) is 30.9 Å². The Morgan fingerprint density at radius 1 is 1.16 bits per heavy atom. The van der Waals surface area contributed by atoms with Crippen LogP contribution in [0.5, 0.6) is 0 Å². The van der Waals surface area contributed by atoms with E-state index in [1.807, 2.05) is 19.0 Å². The second-order valence-electron chi connectivity index (χ2n) is 7.10. The molecule has 0 unspecified atom stereocenters. The lowest BCUT2D eigenvalue weighted by Gasteiger charge is -2.13. The summed E-state index contributed by atoms with van der Waals surface area (Å²) in [5, 5.41) is 5.38. The number of nitrogens with zero attached hydrogens (tertiary/aromatic N) is 4. The minimum atomic E-state index is -0.584. The normalized spacial score (nSPS) is 10.9. The van der Waals surface area contributed by atoms with E-state index < -0.39 is 17.7 Å². The summed E-state index contributed by atoms with van der Waals surface area (Å²) in [6.07, 6.45) is 3.02. The fraction of sp³-hybridized carbons (Fsp3) is 0.182. The molecule has 0 saturated heterocycles. The quantitative estimate of drug-likeness (QED) is 0.448. The first-order chi connectivity index (χ1) is 15.4. The van der Waals surface area contributed by atoms with Crippen LogP contribution in [0.2, 0.25) is 0 Å². The van der Waals surface area contributed by atoms with Crippen molar-refractivity contribution in [2.45, 2.75) is 6.92 Å². The van der Waals surface area contributed by atoms with Crippen molar-refractivity contribution in [3.8, 4) is 22.4 Å². The number of aromatic nitrogens is 3. The fourth-order valence-corrected chi connectivity index (χ4v) is 4.16. The van der Waals surface area contributed by atoms with Crippen LogP contribution in [0.25, 0.3) is 32.6 Å². The largest absolute Gasteiger partial charge is 0.363 e. The van der Waals surface area contributed by atoms with Gasteiger partial charge in [0.05, 0.1) is 4.70 Å². The van der Waals surface area contributed by atoms with E-state index in [4.69, 9.17) is 0 Å². The zero-order valence-electron chi connectivity index (χ0n) is 17.6. The molecule has 3 aromatic heterocycles. The van der Waals surface area contributed by atoms with Gasteiger partial charge >= 0.3 is 6.03 Å². The lowest BCUT2D eigenvalue weighted by atomic mass is 10.0. The van der Waals surface area contributed by atoms with Gasteiger partial charge in [-0.15, -0.1) is 0 Å². The van der Waals surface area contributed by atoms with E-state index in [1.54, 1.807) is 31.3 Å². The van der Waals surface area contributed by atoms with E-state index in [1.165, 1.54) is 18.3 Å². The monoisotopic (exact) mass is 454 g/mol. The third-order valence-electron chi connectivity index (χ3n) is 4.69.